The summed E-state index contributed by atoms with van der Waals surface area (Å²) in [6, 6.07) is 12.9. The van der Waals surface area contributed by atoms with E-state index in [9.17, 15) is 0 Å². The number of benzene rings is 2. The largest absolute Gasteiger partial charge is 0.496 e. The summed E-state index contributed by atoms with van der Waals surface area (Å²) in [5, 5.41) is 3.40. The van der Waals surface area contributed by atoms with Crippen molar-refractivity contribution in [2.75, 3.05) is 20.8 Å². The van der Waals surface area contributed by atoms with Gasteiger partial charge in [0.15, 0.2) is 0 Å². The van der Waals surface area contributed by atoms with Gasteiger partial charge in [-0.1, -0.05) is 24.3 Å². The molecule has 3 heteroatoms. The predicted octanol–water partition coefficient (Wildman–Crippen LogP) is 3.25. The van der Waals surface area contributed by atoms with Crippen LogP contribution >= 0.6 is 0 Å². The van der Waals surface area contributed by atoms with Crippen LogP contribution in [-0.2, 0) is 6.42 Å². The first-order valence-corrected chi connectivity index (χ1v) is 7.30. The molecule has 2 aromatic carbocycles. The zero-order valence-corrected chi connectivity index (χ0v) is 12.8. The van der Waals surface area contributed by atoms with E-state index in [1.165, 1.54) is 16.7 Å². The number of rotatable bonds is 4. The Labute approximate surface area is 125 Å². The van der Waals surface area contributed by atoms with Crippen LogP contribution < -0.4 is 14.8 Å². The Balaban J connectivity index is 2.02. The molecule has 0 spiro atoms. The van der Waals surface area contributed by atoms with Gasteiger partial charge in [-0.15, -0.1) is 0 Å². The Bertz CT molecular complexity index is 652. The highest BCUT2D eigenvalue weighted by molar-refractivity contribution is 5.47. The van der Waals surface area contributed by atoms with Gasteiger partial charge < -0.3 is 14.8 Å². The van der Waals surface area contributed by atoms with E-state index in [0.717, 1.165) is 30.1 Å². The van der Waals surface area contributed by atoms with Crippen molar-refractivity contribution in [1.29, 1.82) is 0 Å². The zero-order valence-electron chi connectivity index (χ0n) is 12.8. The molecule has 1 aliphatic heterocycles. The van der Waals surface area contributed by atoms with Crippen molar-refractivity contribution in [3.63, 3.8) is 0 Å². The smallest absolute Gasteiger partial charge is 0.124 e. The van der Waals surface area contributed by atoms with Crippen LogP contribution in [0, 0.1) is 6.92 Å². The summed E-state index contributed by atoms with van der Waals surface area (Å²) in [4.78, 5) is 0. The minimum Gasteiger partial charge on any atom is -0.496 e. The summed E-state index contributed by atoms with van der Waals surface area (Å²) < 4.78 is 11.1. The predicted molar refractivity (Wildman–Crippen MR) is 84.3 cm³/mol. The van der Waals surface area contributed by atoms with E-state index >= 15 is 0 Å². The molecule has 21 heavy (non-hydrogen) atoms. The van der Waals surface area contributed by atoms with E-state index in [4.69, 9.17) is 9.47 Å². The average Bonchev–Trinajstić information content (AvgIpc) is 2.97. The van der Waals surface area contributed by atoms with E-state index in [1.54, 1.807) is 7.11 Å². The molecule has 0 saturated carbocycles. The highest BCUT2D eigenvalue weighted by atomic mass is 16.5. The quantitative estimate of drug-likeness (QED) is 0.934. The molecule has 3 rings (SSSR count). The monoisotopic (exact) mass is 283 g/mol. The number of ether oxygens (including phenoxy) is 2. The molecule has 0 amide bonds. The molecule has 0 aliphatic carbocycles. The highest BCUT2D eigenvalue weighted by Gasteiger charge is 2.19. The van der Waals surface area contributed by atoms with Gasteiger partial charge in [0.25, 0.3) is 0 Å². The molecule has 2 aromatic rings. The molecule has 0 radical (unpaired) electrons. The molecule has 1 unspecified atom stereocenters. The van der Waals surface area contributed by atoms with E-state index in [0.29, 0.717) is 0 Å². The maximum absolute atomic E-state index is 5.59. The third kappa shape index (κ3) is 2.61. The van der Waals surface area contributed by atoms with Crippen molar-refractivity contribution >= 4 is 0 Å². The van der Waals surface area contributed by atoms with E-state index in [-0.39, 0.29) is 6.04 Å². The van der Waals surface area contributed by atoms with E-state index < -0.39 is 0 Å². The highest BCUT2D eigenvalue weighted by Crippen LogP contribution is 2.34. The SMILES string of the molecule is CNC(c1ccc2c(c1)CCO2)c1ccc(C)cc1OC. The number of fused-ring (bicyclic) bond motifs is 1. The van der Waals surface area contributed by atoms with Crippen LogP contribution in [0.15, 0.2) is 36.4 Å². The second-order valence-corrected chi connectivity index (χ2v) is 5.43. The Morgan fingerprint density at radius 1 is 1.19 bits per heavy atom. The van der Waals surface area contributed by atoms with Gasteiger partial charge >= 0.3 is 0 Å². The summed E-state index contributed by atoms with van der Waals surface area (Å²) in [7, 11) is 3.70. The maximum Gasteiger partial charge on any atom is 0.124 e. The van der Waals surface area contributed by atoms with Crippen molar-refractivity contribution in [1.82, 2.24) is 5.32 Å². The minimum atomic E-state index is 0.117. The van der Waals surface area contributed by atoms with Gasteiger partial charge in [-0.3, -0.25) is 0 Å². The Kier molecular flexibility index (Phi) is 3.84. The first-order valence-electron chi connectivity index (χ1n) is 7.30. The van der Waals surface area contributed by atoms with Crippen LogP contribution in [-0.4, -0.2) is 20.8 Å². The normalized spacial score (nSPS) is 14.4. The summed E-state index contributed by atoms with van der Waals surface area (Å²) in [5.41, 5.74) is 4.89. The second kappa shape index (κ2) is 5.78. The van der Waals surface area contributed by atoms with Crippen molar-refractivity contribution in [2.45, 2.75) is 19.4 Å². The van der Waals surface area contributed by atoms with E-state index in [2.05, 4.69) is 48.6 Å². The van der Waals surface area contributed by atoms with Crippen molar-refractivity contribution in [3.05, 3.63) is 58.7 Å². The number of hydrogen-bond acceptors (Lipinski definition) is 3. The lowest BCUT2D eigenvalue weighted by atomic mass is 9.95. The number of nitrogens with one attached hydrogen (secondary N) is 1. The third-order valence-corrected chi connectivity index (χ3v) is 4.04. The van der Waals surface area contributed by atoms with Crippen LogP contribution in [0.4, 0.5) is 0 Å². The lowest BCUT2D eigenvalue weighted by Gasteiger charge is -2.21. The molecular weight excluding hydrogens is 262 g/mol. The van der Waals surface area contributed by atoms with Crippen LogP contribution in [0.25, 0.3) is 0 Å². The maximum atomic E-state index is 5.59. The van der Waals surface area contributed by atoms with Crippen LogP contribution in [0.1, 0.15) is 28.3 Å². The van der Waals surface area contributed by atoms with Gasteiger partial charge in [-0.05, 0) is 42.8 Å². The molecule has 110 valence electrons. The molecule has 1 heterocycles. The third-order valence-electron chi connectivity index (χ3n) is 4.04. The van der Waals surface area contributed by atoms with Gasteiger partial charge in [-0.25, -0.2) is 0 Å². The number of methoxy groups -OCH3 is 1. The molecule has 1 atom stereocenters. The topological polar surface area (TPSA) is 30.5 Å². The Morgan fingerprint density at radius 3 is 2.81 bits per heavy atom. The standard InChI is InChI=1S/C18H21NO2/c1-12-4-6-15(17(10-12)20-3)18(19-2)14-5-7-16-13(11-14)8-9-21-16/h4-7,10-11,18-19H,8-9H2,1-3H3. The zero-order chi connectivity index (χ0) is 14.8. The number of hydrogen-bond donors (Lipinski definition) is 1. The fourth-order valence-electron chi connectivity index (χ4n) is 2.94. The summed E-state index contributed by atoms with van der Waals surface area (Å²) in [5.74, 6) is 1.94. The van der Waals surface area contributed by atoms with Crippen LogP contribution in [0.5, 0.6) is 11.5 Å². The number of aryl methyl sites for hydroxylation is 1. The summed E-state index contributed by atoms with van der Waals surface area (Å²) in [6.07, 6.45) is 0.991. The molecule has 1 N–H and O–H groups in total. The van der Waals surface area contributed by atoms with Crippen molar-refractivity contribution in [2.24, 2.45) is 0 Å². The van der Waals surface area contributed by atoms with Gasteiger partial charge in [-0.2, -0.15) is 0 Å². The van der Waals surface area contributed by atoms with Gasteiger partial charge in [0.2, 0.25) is 0 Å². The molecule has 1 aliphatic rings. The fourth-order valence-corrected chi connectivity index (χ4v) is 2.94. The van der Waals surface area contributed by atoms with Crippen LogP contribution in [0.3, 0.4) is 0 Å². The first kappa shape index (κ1) is 14.0. The average molecular weight is 283 g/mol. The Hall–Kier alpha value is -2.00. The molecule has 0 saturated heterocycles. The van der Waals surface area contributed by atoms with E-state index in [1.807, 2.05) is 7.05 Å². The van der Waals surface area contributed by atoms with Crippen LogP contribution in [0.2, 0.25) is 0 Å². The fraction of sp³-hybridized carbons (Fsp3) is 0.333. The minimum absolute atomic E-state index is 0.117. The Morgan fingerprint density at radius 2 is 2.05 bits per heavy atom. The molecule has 0 aromatic heterocycles. The second-order valence-electron chi connectivity index (χ2n) is 5.43. The molecule has 0 fully saturated rings. The lowest BCUT2D eigenvalue weighted by Crippen LogP contribution is -2.18. The first-order chi connectivity index (χ1) is 10.2. The van der Waals surface area contributed by atoms with Gasteiger partial charge in [0.1, 0.15) is 11.5 Å². The summed E-state index contributed by atoms with van der Waals surface area (Å²) >= 11 is 0. The van der Waals surface area contributed by atoms with Gasteiger partial charge in [0.05, 0.1) is 19.8 Å². The molecule has 0 bridgehead atoms. The van der Waals surface area contributed by atoms with Crippen molar-refractivity contribution < 1.29 is 9.47 Å². The lowest BCUT2D eigenvalue weighted by molar-refractivity contribution is 0.357. The molecule has 3 nitrogen and oxygen atoms in total. The van der Waals surface area contributed by atoms with Gasteiger partial charge in [0, 0.05) is 12.0 Å². The molecular formula is C18H21NO2. The summed E-state index contributed by atoms with van der Waals surface area (Å²) in [6.45, 7) is 2.87. The van der Waals surface area contributed by atoms with Crippen molar-refractivity contribution in [3.8, 4) is 11.5 Å².